The van der Waals surface area contributed by atoms with Crippen molar-refractivity contribution in [1.82, 2.24) is 4.72 Å². The van der Waals surface area contributed by atoms with E-state index in [1.165, 1.54) is 11.9 Å². The number of hydrogen-bond acceptors (Lipinski definition) is 2. The van der Waals surface area contributed by atoms with E-state index in [1.54, 1.807) is 24.6 Å². The first-order valence-electron chi connectivity index (χ1n) is 4.11. The second-order valence-electron chi connectivity index (χ2n) is 1.61. The van der Waals surface area contributed by atoms with Gasteiger partial charge in [0.1, 0.15) is 0 Å². The van der Waals surface area contributed by atoms with Crippen LogP contribution in [-0.4, -0.2) is 12.6 Å². The van der Waals surface area contributed by atoms with Crippen molar-refractivity contribution in [3.63, 3.8) is 0 Å². The second-order valence-corrected chi connectivity index (χ2v) is 2.26. The second kappa shape index (κ2) is 13.6. The fourth-order valence-electron chi connectivity index (χ4n) is 0.438. The van der Waals surface area contributed by atoms with Crippen molar-refractivity contribution in [3.05, 3.63) is 37.1 Å². The maximum atomic E-state index is 4.04. The van der Waals surface area contributed by atoms with Crippen LogP contribution in [0.25, 0.3) is 0 Å². The molecule has 2 nitrogen and oxygen atoms in total. The number of nitrogens with zero attached hydrogens (tertiary/aromatic N) is 1. The molecule has 0 heterocycles. The van der Waals surface area contributed by atoms with Gasteiger partial charge in [-0.15, -0.1) is 0 Å². The molecule has 0 saturated heterocycles. The van der Waals surface area contributed by atoms with Gasteiger partial charge in [-0.2, -0.15) is 0 Å². The minimum Gasteiger partial charge on any atom is -0.321 e. The molecule has 0 bridgehead atoms. The average molecular weight is 198 g/mol. The van der Waals surface area contributed by atoms with E-state index in [-0.39, 0.29) is 0 Å². The van der Waals surface area contributed by atoms with Crippen LogP contribution in [0, 0.1) is 0 Å². The van der Waals surface area contributed by atoms with Crippen LogP contribution in [0.3, 0.4) is 0 Å². The summed E-state index contributed by atoms with van der Waals surface area (Å²) in [5.74, 6) is 0. The Bertz CT molecular complexity index is 183. The number of nitrogens with one attached hydrogen (secondary N) is 1. The maximum Gasteiger partial charge on any atom is 0.0985 e. The molecule has 0 aromatic rings. The first kappa shape index (κ1) is 14.6. The molecule has 0 aromatic heterocycles. The zero-order chi connectivity index (χ0) is 10.5. The molecule has 13 heavy (non-hydrogen) atoms. The van der Waals surface area contributed by atoms with Gasteiger partial charge in [0.25, 0.3) is 0 Å². The standard InChI is InChI=1S/C8H12N2S.C2H6/c1-4-6-8(5-2)9-7-10-11-3;1-2/h4-7H,1-2H2,3H3,(H,9,10);1-2H3/b8-6+;. The van der Waals surface area contributed by atoms with E-state index in [1.807, 2.05) is 20.1 Å². The number of allylic oxidation sites excluding steroid dienone is 3. The third kappa shape index (κ3) is 11.0. The third-order valence-electron chi connectivity index (χ3n) is 0.882. The topological polar surface area (TPSA) is 24.4 Å². The Morgan fingerprint density at radius 1 is 1.38 bits per heavy atom. The number of aliphatic imine (C=N–C) groups is 1. The predicted molar refractivity (Wildman–Crippen MR) is 65.0 cm³/mol. The predicted octanol–water partition coefficient (Wildman–Crippen LogP) is 3.16. The summed E-state index contributed by atoms with van der Waals surface area (Å²) >= 11 is 1.49. The molecule has 0 spiro atoms. The molecule has 0 aliphatic heterocycles. The zero-order valence-corrected chi connectivity index (χ0v) is 9.40. The number of rotatable bonds is 5. The molecule has 0 aliphatic carbocycles. The van der Waals surface area contributed by atoms with E-state index in [0.717, 1.165) is 5.70 Å². The summed E-state index contributed by atoms with van der Waals surface area (Å²) in [5, 5.41) is 0. The van der Waals surface area contributed by atoms with E-state index < -0.39 is 0 Å². The van der Waals surface area contributed by atoms with Crippen LogP contribution in [0.2, 0.25) is 0 Å². The summed E-state index contributed by atoms with van der Waals surface area (Å²) in [6.45, 7) is 11.1. The van der Waals surface area contributed by atoms with E-state index in [0.29, 0.717) is 0 Å². The average Bonchev–Trinajstić information content (AvgIpc) is 2.20. The highest BCUT2D eigenvalue weighted by Crippen LogP contribution is 1.95. The highest BCUT2D eigenvalue weighted by atomic mass is 32.2. The Labute approximate surface area is 85.7 Å². The van der Waals surface area contributed by atoms with Crippen LogP contribution in [0.4, 0.5) is 0 Å². The van der Waals surface area contributed by atoms with Gasteiger partial charge in [0.2, 0.25) is 0 Å². The van der Waals surface area contributed by atoms with Gasteiger partial charge in [-0.25, -0.2) is 4.99 Å². The molecule has 74 valence electrons. The molecule has 3 heteroatoms. The van der Waals surface area contributed by atoms with Crippen molar-refractivity contribution in [2.24, 2.45) is 4.99 Å². The summed E-state index contributed by atoms with van der Waals surface area (Å²) in [5.41, 5.74) is 0.793. The summed E-state index contributed by atoms with van der Waals surface area (Å²) in [7, 11) is 0. The minimum absolute atomic E-state index is 0.793. The highest BCUT2D eigenvalue weighted by Gasteiger charge is 1.79. The van der Waals surface area contributed by atoms with Crippen LogP contribution in [0.1, 0.15) is 13.8 Å². The summed E-state index contributed by atoms with van der Waals surface area (Å²) < 4.78 is 2.87. The van der Waals surface area contributed by atoms with Crippen LogP contribution < -0.4 is 4.72 Å². The lowest BCUT2D eigenvalue weighted by Gasteiger charge is -1.91. The van der Waals surface area contributed by atoms with Gasteiger partial charge >= 0.3 is 0 Å². The lowest BCUT2D eigenvalue weighted by atomic mass is 10.4. The van der Waals surface area contributed by atoms with Crippen molar-refractivity contribution in [3.8, 4) is 0 Å². The van der Waals surface area contributed by atoms with E-state index in [2.05, 4.69) is 22.9 Å². The molecule has 0 aromatic carbocycles. The smallest absolute Gasteiger partial charge is 0.0985 e. The molecule has 0 radical (unpaired) electrons. The van der Waals surface area contributed by atoms with Gasteiger partial charge in [0.15, 0.2) is 0 Å². The summed E-state index contributed by atoms with van der Waals surface area (Å²) in [4.78, 5) is 4.04. The van der Waals surface area contributed by atoms with Crippen molar-refractivity contribution >= 4 is 18.3 Å². The lowest BCUT2D eigenvalue weighted by Crippen LogP contribution is -1.96. The molecular weight excluding hydrogens is 180 g/mol. The number of hydrogen-bond donors (Lipinski definition) is 1. The van der Waals surface area contributed by atoms with Gasteiger partial charge in [-0.1, -0.05) is 45.0 Å². The van der Waals surface area contributed by atoms with Gasteiger partial charge < -0.3 is 4.72 Å². The van der Waals surface area contributed by atoms with Crippen molar-refractivity contribution in [2.75, 3.05) is 6.26 Å². The summed E-state index contributed by atoms with van der Waals surface area (Å²) in [6.07, 6.45) is 8.66. The first-order chi connectivity index (χ1) is 6.35. The van der Waals surface area contributed by atoms with E-state index in [9.17, 15) is 0 Å². The fraction of sp³-hybridized carbons (Fsp3) is 0.300. The van der Waals surface area contributed by atoms with Gasteiger partial charge in [-0.3, -0.25) is 0 Å². The zero-order valence-electron chi connectivity index (χ0n) is 8.58. The summed E-state index contributed by atoms with van der Waals surface area (Å²) in [6, 6.07) is 0. The van der Waals surface area contributed by atoms with E-state index in [4.69, 9.17) is 0 Å². The molecule has 1 N–H and O–H groups in total. The fourth-order valence-corrected chi connectivity index (χ4v) is 0.596. The highest BCUT2D eigenvalue weighted by molar-refractivity contribution is 7.97. The first-order valence-corrected chi connectivity index (χ1v) is 5.33. The quantitative estimate of drug-likeness (QED) is 0.317. The molecule has 0 amide bonds. The normalized spacial score (nSPS) is 10.2. The molecule has 0 saturated carbocycles. The van der Waals surface area contributed by atoms with Gasteiger partial charge in [0, 0.05) is 6.26 Å². The lowest BCUT2D eigenvalue weighted by molar-refractivity contribution is 1.39. The minimum atomic E-state index is 0.793. The van der Waals surface area contributed by atoms with Crippen LogP contribution in [-0.2, 0) is 0 Å². The Kier molecular flexibility index (Phi) is 15.2. The molecule has 0 atom stereocenters. The molecular formula is C10H18N2S. The van der Waals surface area contributed by atoms with Gasteiger partial charge in [0.05, 0.1) is 12.0 Å². The Hall–Kier alpha value is -0.960. The van der Waals surface area contributed by atoms with Gasteiger partial charge in [-0.05, 0) is 12.2 Å². The Morgan fingerprint density at radius 2 is 2.00 bits per heavy atom. The molecule has 0 aliphatic rings. The molecule has 0 rings (SSSR count). The molecule has 0 unspecified atom stereocenters. The Balaban J connectivity index is 0. The van der Waals surface area contributed by atoms with Crippen LogP contribution in [0.15, 0.2) is 42.1 Å². The van der Waals surface area contributed by atoms with Crippen molar-refractivity contribution in [2.45, 2.75) is 13.8 Å². The monoisotopic (exact) mass is 198 g/mol. The van der Waals surface area contributed by atoms with E-state index >= 15 is 0 Å². The molecule has 0 fully saturated rings. The SMILES string of the molecule is C=C/C=C(\C=C)N=CNSC.CC. The van der Waals surface area contributed by atoms with Crippen molar-refractivity contribution in [1.29, 1.82) is 0 Å². The van der Waals surface area contributed by atoms with Crippen LogP contribution in [0.5, 0.6) is 0 Å². The maximum absolute atomic E-state index is 4.04. The third-order valence-corrected chi connectivity index (χ3v) is 1.22. The Morgan fingerprint density at radius 3 is 2.38 bits per heavy atom. The van der Waals surface area contributed by atoms with Crippen molar-refractivity contribution < 1.29 is 0 Å². The largest absolute Gasteiger partial charge is 0.321 e. The van der Waals surface area contributed by atoms with Crippen LogP contribution >= 0.6 is 11.9 Å².